The predicted molar refractivity (Wildman–Crippen MR) is 93.7 cm³/mol. The van der Waals surface area contributed by atoms with Gasteiger partial charge in [-0.2, -0.15) is 8.78 Å². The Morgan fingerprint density at radius 2 is 2.16 bits per heavy atom. The van der Waals surface area contributed by atoms with Gasteiger partial charge in [-0.05, 0) is 31.6 Å². The van der Waals surface area contributed by atoms with Gasteiger partial charge in [0.15, 0.2) is 5.96 Å². The lowest BCUT2D eigenvalue weighted by Gasteiger charge is -2.30. The van der Waals surface area contributed by atoms with Gasteiger partial charge in [-0.25, -0.2) is 9.98 Å². The standard InChI is InChI=1S/C17H29F2N5O/c1-3-20-16(22-12-14-21-9-10-24(14)15(18)19)23-13-17(8-11-25-2)6-4-5-7-17/h9-10,15H,3-8,11-13H2,1-2H3,(H2,20,22,23). The van der Waals surface area contributed by atoms with Gasteiger partial charge in [0, 0.05) is 39.2 Å². The third-order valence-corrected chi connectivity index (χ3v) is 4.81. The van der Waals surface area contributed by atoms with E-state index in [0.29, 0.717) is 12.5 Å². The lowest BCUT2D eigenvalue weighted by atomic mass is 9.83. The summed E-state index contributed by atoms with van der Waals surface area (Å²) >= 11 is 0. The monoisotopic (exact) mass is 357 g/mol. The molecule has 1 fully saturated rings. The average molecular weight is 357 g/mol. The van der Waals surface area contributed by atoms with E-state index in [1.54, 1.807) is 7.11 Å². The van der Waals surface area contributed by atoms with Crippen molar-refractivity contribution in [3.05, 3.63) is 18.2 Å². The third kappa shape index (κ3) is 5.66. The Labute approximate surface area is 148 Å². The summed E-state index contributed by atoms with van der Waals surface area (Å²) in [4.78, 5) is 8.38. The number of nitrogens with zero attached hydrogens (tertiary/aromatic N) is 3. The van der Waals surface area contributed by atoms with Crippen LogP contribution >= 0.6 is 0 Å². The van der Waals surface area contributed by atoms with Crippen molar-refractivity contribution in [3.63, 3.8) is 0 Å². The molecule has 1 aliphatic rings. The van der Waals surface area contributed by atoms with E-state index >= 15 is 0 Å². The van der Waals surface area contributed by atoms with Crippen molar-refractivity contribution in [2.45, 2.75) is 52.1 Å². The smallest absolute Gasteiger partial charge is 0.319 e. The first-order valence-corrected chi connectivity index (χ1v) is 8.91. The summed E-state index contributed by atoms with van der Waals surface area (Å²) in [6, 6.07) is 0. The van der Waals surface area contributed by atoms with E-state index in [9.17, 15) is 8.78 Å². The van der Waals surface area contributed by atoms with Crippen LogP contribution in [0.5, 0.6) is 0 Å². The number of hydrogen-bond donors (Lipinski definition) is 2. The first kappa shape index (κ1) is 19.6. The summed E-state index contributed by atoms with van der Waals surface area (Å²) in [6.45, 7) is 1.76. The highest BCUT2D eigenvalue weighted by Gasteiger charge is 2.33. The Morgan fingerprint density at radius 1 is 1.40 bits per heavy atom. The van der Waals surface area contributed by atoms with E-state index in [1.165, 1.54) is 38.1 Å². The Morgan fingerprint density at radius 3 is 2.80 bits per heavy atom. The molecule has 1 aromatic heterocycles. The van der Waals surface area contributed by atoms with E-state index < -0.39 is 6.55 Å². The largest absolute Gasteiger partial charge is 0.385 e. The molecule has 1 aromatic rings. The van der Waals surface area contributed by atoms with Crippen LogP contribution in [0.1, 0.15) is 51.4 Å². The second kappa shape index (κ2) is 9.70. The molecule has 25 heavy (non-hydrogen) atoms. The normalized spacial score (nSPS) is 17.2. The maximum Gasteiger partial charge on any atom is 0.319 e. The number of halogens is 2. The minimum absolute atomic E-state index is 0.109. The van der Waals surface area contributed by atoms with Gasteiger partial charge < -0.3 is 15.4 Å². The van der Waals surface area contributed by atoms with Gasteiger partial charge in [0.1, 0.15) is 12.4 Å². The molecule has 1 heterocycles. The van der Waals surface area contributed by atoms with Crippen LogP contribution in [0.2, 0.25) is 0 Å². The number of nitrogens with one attached hydrogen (secondary N) is 2. The molecule has 0 spiro atoms. The minimum atomic E-state index is -2.60. The summed E-state index contributed by atoms with van der Waals surface area (Å²) in [6.07, 6.45) is 8.50. The molecule has 6 nitrogen and oxygen atoms in total. The molecule has 0 unspecified atom stereocenters. The van der Waals surface area contributed by atoms with Gasteiger partial charge >= 0.3 is 6.55 Å². The van der Waals surface area contributed by atoms with Crippen LogP contribution in [0.25, 0.3) is 0 Å². The molecule has 0 aromatic carbocycles. The fourth-order valence-corrected chi connectivity index (χ4v) is 3.37. The average Bonchev–Trinajstić information content (AvgIpc) is 3.25. The van der Waals surface area contributed by atoms with Crippen molar-refractivity contribution >= 4 is 5.96 Å². The topological polar surface area (TPSA) is 63.5 Å². The Hall–Kier alpha value is -1.70. The summed E-state index contributed by atoms with van der Waals surface area (Å²) in [5.74, 6) is 0.886. The fraction of sp³-hybridized carbons (Fsp3) is 0.765. The zero-order chi connectivity index (χ0) is 18.1. The number of methoxy groups -OCH3 is 1. The number of imidazole rings is 1. The van der Waals surface area contributed by atoms with Crippen molar-refractivity contribution in [2.75, 3.05) is 26.8 Å². The van der Waals surface area contributed by atoms with Crippen LogP contribution in [-0.4, -0.2) is 42.3 Å². The van der Waals surface area contributed by atoms with Crippen LogP contribution in [0.15, 0.2) is 17.4 Å². The highest BCUT2D eigenvalue weighted by molar-refractivity contribution is 5.79. The van der Waals surface area contributed by atoms with Crippen molar-refractivity contribution in [1.29, 1.82) is 0 Å². The number of guanidine groups is 1. The Kier molecular flexibility index (Phi) is 7.61. The number of alkyl halides is 2. The quantitative estimate of drug-likeness (QED) is 0.527. The number of rotatable bonds is 9. The van der Waals surface area contributed by atoms with Gasteiger partial charge in [0.25, 0.3) is 0 Å². The lowest BCUT2D eigenvalue weighted by molar-refractivity contribution is 0.0671. The van der Waals surface area contributed by atoms with Crippen LogP contribution in [0.4, 0.5) is 8.78 Å². The van der Waals surface area contributed by atoms with Crippen LogP contribution in [-0.2, 0) is 11.3 Å². The van der Waals surface area contributed by atoms with Crippen LogP contribution < -0.4 is 10.6 Å². The van der Waals surface area contributed by atoms with Gasteiger partial charge in [-0.15, -0.1) is 0 Å². The molecule has 8 heteroatoms. The highest BCUT2D eigenvalue weighted by Crippen LogP contribution is 2.40. The summed E-state index contributed by atoms with van der Waals surface area (Å²) < 4.78 is 31.9. The molecule has 0 bridgehead atoms. The third-order valence-electron chi connectivity index (χ3n) is 4.81. The molecular weight excluding hydrogens is 328 g/mol. The molecule has 2 N–H and O–H groups in total. The van der Waals surface area contributed by atoms with Crippen molar-refractivity contribution < 1.29 is 13.5 Å². The molecule has 0 saturated heterocycles. The predicted octanol–water partition coefficient (Wildman–Crippen LogP) is 2.93. The molecule has 0 amide bonds. The van der Waals surface area contributed by atoms with Gasteiger partial charge in [0.05, 0.1) is 0 Å². The van der Waals surface area contributed by atoms with Gasteiger partial charge in [-0.3, -0.25) is 4.57 Å². The minimum Gasteiger partial charge on any atom is -0.385 e. The van der Waals surface area contributed by atoms with E-state index in [4.69, 9.17) is 4.74 Å². The zero-order valence-electron chi connectivity index (χ0n) is 15.1. The van der Waals surface area contributed by atoms with E-state index in [2.05, 4.69) is 20.6 Å². The second-order valence-corrected chi connectivity index (χ2v) is 6.53. The zero-order valence-corrected chi connectivity index (χ0v) is 15.1. The molecule has 0 atom stereocenters. The van der Waals surface area contributed by atoms with E-state index in [0.717, 1.165) is 24.1 Å². The number of aliphatic imine (C=N–C) groups is 1. The molecule has 0 aliphatic heterocycles. The molecule has 1 aliphatic carbocycles. The maximum atomic E-state index is 12.9. The maximum absolute atomic E-state index is 12.9. The summed E-state index contributed by atoms with van der Waals surface area (Å²) in [7, 11) is 1.73. The van der Waals surface area contributed by atoms with Crippen LogP contribution in [0.3, 0.4) is 0 Å². The SMILES string of the molecule is CCNC(=NCc1nccn1C(F)F)NCC1(CCOC)CCCC1. The van der Waals surface area contributed by atoms with Gasteiger partial charge in [0.2, 0.25) is 0 Å². The highest BCUT2D eigenvalue weighted by atomic mass is 19.3. The van der Waals surface area contributed by atoms with Crippen molar-refractivity contribution in [1.82, 2.24) is 20.2 Å². The summed E-state index contributed by atoms with van der Waals surface area (Å²) in [5.41, 5.74) is 0.230. The van der Waals surface area contributed by atoms with E-state index in [1.807, 2.05) is 6.92 Å². The van der Waals surface area contributed by atoms with Crippen LogP contribution in [0, 0.1) is 5.41 Å². The molecule has 1 saturated carbocycles. The summed E-state index contributed by atoms with van der Waals surface area (Å²) in [5, 5.41) is 6.56. The Balaban J connectivity index is 1.98. The lowest BCUT2D eigenvalue weighted by Crippen LogP contribution is -2.43. The van der Waals surface area contributed by atoms with E-state index in [-0.39, 0.29) is 17.8 Å². The molecule has 2 rings (SSSR count). The number of aromatic nitrogens is 2. The molecule has 142 valence electrons. The van der Waals surface area contributed by atoms with Crippen molar-refractivity contribution in [3.8, 4) is 0 Å². The number of ether oxygens (including phenoxy) is 1. The fourth-order valence-electron chi connectivity index (χ4n) is 3.37. The second-order valence-electron chi connectivity index (χ2n) is 6.53. The molecule has 0 radical (unpaired) electrons. The first-order chi connectivity index (χ1) is 12.1. The number of hydrogen-bond acceptors (Lipinski definition) is 3. The first-order valence-electron chi connectivity index (χ1n) is 8.91. The molecular formula is C17H29F2N5O. The Bertz CT molecular complexity index is 541. The van der Waals surface area contributed by atoms with Gasteiger partial charge in [-0.1, -0.05) is 12.8 Å². The van der Waals surface area contributed by atoms with Crippen molar-refractivity contribution in [2.24, 2.45) is 10.4 Å².